The fraction of sp³-hybridized carbons (Fsp3) is 0.176. The molecule has 0 unspecified atom stereocenters. The van der Waals surface area contributed by atoms with E-state index in [2.05, 4.69) is 5.10 Å². The summed E-state index contributed by atoms with van der Waals surface area (Å²) in [5.74, 6) is -1.27. The Bertz CT molecular complexity index is 789. The summed E-state index contributed by atoms with van der Waals surface area (Å²) < 4.78 is 13.1. The van der Waals surface area contributed by atoms with Crippen LogP contribution in [0.3, 0.4) is 0 Å². The van der Waals surface area contributed by atoms with Crippen molar-refractivity contribution in [1.29, 1.82) is 0 Å². The molecule has 1 amide bonds. The Kier molecular flexibility index (Phi) is 3.61. The van der Waals surface area contributed by atoms with Crippen LogP contribution in [0.4, 0.5) is 4.39 Å². The van der Waals surface area contributed by atoms with E-state index in [0.717, 1.165) is 5.01 Å². The highest BCUT2D eigenvalue weighted by atomic mass is 19.1. The van der Waals surface area contributed by atoms with Crippen LogP contribution in [0.25, 0.3) is 0 Å². The average molecular weight is 314 g/mol. The number of carbonyl (C=O) groups is 1. The zero-order chi connectivity index (χ0) is 16.6. The molecule has 0 fully saturated rings. The molecule has 118 valence electrons. The van der Waals surface area contributed by atoms with Gasteiger partial charge in [-0.25, -0.2) is 4.39 Å². The molecule has 0 saturated heterocycles. The predicted octanol–water partition coefficient (Wildman–Crippen LogP) is 2.60. The minimum absolute atomic E-state index is 0.0338. The first-order valence-electron chi connectivity index (χ1n) is 7.07. The van der Waals surface area contributed by atoms with Crippen molar-refractivity contribution in [3.05, 3.63) is 65.5 Å². The second-order valence-electron chi connectivity index (χ2n) is 5.47. The zero-order valence-corrected chi connectivity index (χ0v) is 12.4. The highest BCUT2D eigenvalue weighted by molar-refractivity contribution is 5.99. The normalized spacial score (nSPS) is 20.5. The van der Waals surface area contributed by atoms with Gasteiger partial charge in [0.2, 0.25) is 0 Å². The van der Waals surface area contributed by atoms with Crippen LogP contribution in [0.1, 0.15) is 29.3 Å². The number of benzene rings is 2. The first kappa shape index (κ1) is 15.2. The van der Waals surface area contributed by atoms with Gasteiger partial charge in [-0.2, -0.15) is 10.1 Å². The first-order chi connectivity index (χ1) is 10.9. The number of halogens is 1. The van der Waals surface area contributed by atoms with Crippen molar-refractivity contribution >= 4 is 11.6 Å². The number of para-hydroxylation sites is 1. The van der Waals surface area contributed by atoms with Crippen LogP contribution >= 0.6 is 0 Å². The van der Waals surface area contributed by atoms with Crippen molar-refractivity contribution in [2.75, 3.05) is 0 Å². The third-order valence-corrected chi connectivity index (χ3v) is 3.76. The second-order valence-corrected chi connectivity index (χ2v) is 5.47. The number of carbonyl (C=O) groups excluding carboxylic acids is 1. The summed E-state index contributed by atoms with van der Waals surface area (Å²) in [6, 6.07) is 11.3. The largest absolute Gasteiger partial charge is 0.507 e. The number of aromatic hydroxyl groups is 1. The topological polar surface area (TPSA) is 73.1 Å². The van der Waals surface area contributed by atoms with Gasteiger partial charge >= 0.3 is 0 Å². The van der Waals surface area contributed by atoms with E-state index in [4.69, 9.17) is 0 Å². The maximum Gasteiger partial charge on any atom is 0.280 e. The van der Waals surface area contributed by atoms with E-state index in [0.29, 0.717) is 11.3 Å². The molecule has 0 bridgehead atoms. The van der Waals surface area contributed by atoms with E-state index in [-0.39, 0.29) is 17.7 Å². The maximum absolute atomic E-state index is 13.1. The minimum atomic E-state index is -1.71. The molecule has 2 aromatic carbocycles. The summed E-state index contributed by atoms with van der Waals surface area (Å²) in [7, 11) is 0. The summed E-state index contributed by atoms with van der Waals surface area (Å²) in [4.78, 5) is 12.7. The Balaban J connectivity index is 2.03. The fourth-order valence-corrected chi connectivity index (χ4v) is 2.64. The number of phenolic OH excluding ortho intramolecular Hbond substituents is 1. The molecule has 0 aliphatic carbocycles. The number of phenols is 1. The predicted molar refractivity (Wildman–Crippen MR) is 82.3 cm³/mol. The molecular formula is C17H15FN2O3. The molecule has 0 radical (unpaired) electrons. The SMILES string of the molecule is CC1=NN(C(=O)c2ccccc2O)[C@@](O)(c2ccc(F)cc2)C1. The molecule has 1 aliphatic rings. The number of hydrogen-bond acceptors (Lipinski definition) is 4. The van der Waals surface area contributed by atoms with Crippen molar-refractivity contribution in [1.82, 2.24) is 5.01 Å². The lowest BCUT2D eigenvalue weighted by Gasteiger charge is -2.31. The highest BCUT2D eigenvalue weighted by Gasteiger charge is 2.45. The average Bonchev–Trinajstić information content (AvgIpc) is 2.83. The van der Waals surface area contributed by atoms with Crippen molar-refractivity contribution in [3.8, 4) is 5.75 Å². The molecule has 1 atom stereocenters. The van der Waals surface area contributed by atoms with Crippen LogP contribution in [0.15, 0.2) is 53.6 Å². The molecule has 23 heavy (non-hydrogen) atoms. The van der Waals surface area contributed by atoms with Crippen LogP contribution in [0, 0.1) is 5.82 Å². The van der Waals surface area contributed by atoms with Crippen molar-refractivity contribution in [3.63, 3.8) is 0 Å². The quantitative estimate of drug-likeness (QED) is 0.895. The van der Waals surface area contributed by atoms with Crippen LogP contribution in [0.2, 0.25) is 0 Å². The van der Waals surface area contributed by atoms with E-state index in [9.17, 15) is 19.4 Å². The Hall–Kier alpha value is -2.73. The summed E-state index contributed by atoms with van der Waals surface area (Å²) in [6.07, 6.45) is 0.109. The van der Waals surface area contributed by atoms with Gasteiger partial charge in [0.15, 0.2) is 5.72 Å². The number of amides is 1. The van der Waals surface area contributed by atoms with Crippen LogP contribution in [-0.4, -0.2) is 26.8 Å². The Morgan fingerprint density at radius 1 is 1.22 bits per heavy atom. The molecule has 6 heteroatoms. The van der Waals surface area contributed by atoms with E-state index in [1.165, 1.54) is 36.4 Å². The number of hydrazone groups is 1. The van der Waals surface area contributed by atoms with Gasteiger partial charge in [0.1, 0.15) is 11.6 Å². The molecule has 0 saturated carbocycles. The third kappa shape index (κ3) is 2.57. The van der Waals surface area contributed by atoms with Crippen LogP contribution in [-0.2, 0) is 5.72 Å². The molecule has 3 rings (SSSR count). The van der Waals surface area contributed by atoms with Crippen molar-refractivity contribution in [2.24, 2.45) is 5.10 Å². The summed E-state index contributed by atoms with van der Waals surface area (Å²) in [6.45, 7) is 1.69. The van der Waals surface area contributed by atoms with E-state index in [1.807, 2.05) is 0 Å². The minimum Gasteiger partial charge on any atom is -0.507 e. The van der Waals surface area contributed by atoms with Gasteiger partial charge in [0.25, 0.3) is 5.91 Å². The number of nitrogens with zero attached hydrogens (tertiary/aromatic N) is 2. The second kappa shape index (κ2) is 5.48. The molecule has 0 spiro atoms. The molecule has 1 aliphatic heterocycles. The van der Waals surface area contributed by atoms with E-state index in [1.54, 1.807) is 19.1 Å². The smallest absolute Gasteiger partial charge is 0.280 e. The molecule has 1 heterocycles. The fourth-order valence-electron chi connectivity index (χ4n) is 2.64. The standard InChI is InChI=1S/C17H15FN2O3/c1-11-10-17(23,12-6-8-13(18)9-7-12)20(19-11)16(22)14-4-2-3-5-15(14)21/h2-9,21,23H,10H2,1H3/t17-/m0/s1. The molecule has 0 aromatic heterocycles. The zero-order valence-electron chi connectivity index (χ0n) is 12.4. The third-order valence-electron chi connectivity index (χ3n) is 3.76. The van der Waals surface area contributed by atoms with Gasteiger partial charge in [-0.3, -0.25) is 4.79 Å². The summed E-state index contributed by atoms with van der Waals surface area (Å²) >= 11 is 0. The van der Waals surface area contributed by atoms with Crippen LogP contribution < -0.4 is 0 Å². The molecule has 2 N–H and O–H groups in total. The first-order valence-corrected chi connectivity index (χ1v) is 7.07. The van der Waals surface area contributed by atoms with Crippen LogP contribution in [0.5, 0.6) is 5.75 Å². The lowest BCUT2D eigenvalue weighted by Crippen LogP contribution is -2.43. The molecule has 2 aromatic rings. The van der Waals surface area contributed by atoms with Gasteiger partial charge in [0.05, 0.1) is 5.56 Å². The summed E-state index contributed by atoms with van der Waals surface area (Å²) in [5, 5.41) is 25.9. The lowest BCUT2D eigenvalue weighted by molar-refractivity contribution is -0.0766. The monoisotopic (exact) mass is 314 g/mol. The van der Waals surface area contributed by atoms with Gasteiger partial charge in [-0.15, -0.1) is 0 Å². The highest BCUT2D eigenvalue weighted by Crippen LogP contribution is 2.37. The Labute approximate surface area is 132 Å². The van der Waals surface area contributed by atoms with Gasteiger partial charge in [-0.1, -0.05) is 24.3 Å². The molecule has 5 nitrogen and oxygen atoms in total. The van der Waals surface area contributed by atoms with E-state index >= 15 is 0 Å². The van der Waals surface area contributed by atoms with Crippen molar-refractivity contribution < 1.29 is 19.4 Å². The number of aliphatic hydroxyl groups is 1. The Morgan fingerprint density at radius 2 is 1.87 bits per heavy atom. The van der Waals surface area contributed by atoms with Gasteiger partial charge in [0, 0.05) is 17.7 Å². The van der Waals surface area contributed by atoms with Crippen molar-refractivity contribution in [2.45, 2.75) is 19.1 Å². The van der Waals surface area contributed by atoms with Gasteiger partial charge < -0.3 is 10.2 Å². The lowest BCUT2D eigenvalue weighted by atomic mass is 9.97. The Morgan fingerprint density at radius 3 is 2.52 bits per heavy atom. The van der Waals surface area contributed by atoms with Gasteiger partial charge in [-0.05, 0) is 31.2 Å². The molecular weight excluding hydrogens is 299 g/mol. The maximum atomic E-state index is 13.1. The summed E-state index contributed by atoms with van der Waals surface area (Å²) in [5.41, 5.74) is -0.771. The number of rotatable bonds is 2. The number of hydrogen-bond donors (Lipinski definition) is 2. The van der Waals surface area contributed by atoms with E-state index < -0.39 is 17.4 Å².